The standard InChI is InChI=1S/C22H21NO5S/c1-28-19-11-7-17(8-12-19)18-9-13-20(14-10-18)29(26,27)23-21(22(24)25)15-16-5-3-2-4-6-16/h2-14,21,23H,15H2,1H3,(H,24,25). The van der Waals surface area contributed by atoms with Crippen molar-refractivity contribution < 1.29 is 23.1 Å². The number of nitrogens with one attached hydrogen (secondary N) is 1. The summed E-state index contributed by atoms with van der Waals surface area (Å²) in [6.07, 6.45) is 0.0549. The van der Waals surface area contributed by atoms with Gasteiger partial charge in [-0.05, 0) is 47.4 Å². The largest absolute Gasteiger partial charge is 0.497 e. The van der Waals surface area contributed by atoms with Crippen molar-refractivity contribution in [2.24, 2.45) is 0 Å². The molecule has 0 heterocycles. The third-order valence-corrected chi connectivity index (χ3v) is 5.95. The molecule has 0 spiro atoms. The lowest BCUT2D eigenvalue weighted by Gasteiger charge is -2.15. The molecule has 1 unspecified atom stereocenters. The van der Waals surface area contributed by atoms with Crippen LogP contribution in [0.5, 0.6) is 5.75 Å². The smallest absolute Gasteiger partial charge is 0.322 e. The van der Waals surface area contributed by atoms with Crippen LogP contribution >= 0.6 is 0 Å². The molecule has 7 heteroatoms. The summed E-state index contributed by atoms with van der Waals surface area (Å²) in [4.78, 5) is 11.6. The van der Waals surface area contributed by atoms with Crippen molar-refractivity contribution in [2.45, 2.75) is 17.4 Å². The first-order valence-corrected chi connectivity index (χ1v) is 10.4. The zero-order valence-electron chi connectivity index (χ0n) is 15.8. The Morgan fingerprint density at radius 2 is 1.48 bits per heavy atom. The molecule has 0 aromatic heterocycles. The zero-order valence-corrected chi connectivity index (χ0v) is 16.6. The van der Waals surface area contributed by atoms with E-state index in [9.17, 15) is 18.3 Å². The number of carboxylic acid groups (broad SMARTS) is 1. The lowest BCUT2D eigenvalue weighted by Crippen LogP contribution is -2.42. The molecule has 0 bridgehead atoms. The van der Waals surface area contributed by atoms with E-state index in [-0.39, 0.29) is 11.3 Å². The third kappa shape index (κ3) is 5.22. The second-order valence-corrected chi connectivity index (χ2v) is 8.17. The van der Waals surface area contributed by atoms with Crippen LogP contribution in [-0.4, -0.2) is 32.6 Å². The molecule has 150 valence electrons. The predicted molar refractivity (Wildman–Crippen MR) is 110 cm³/mol. The number of sulfonamides is 1. The Kier molecular flexibility index (Phi) is 6.31. The quantitative estimate of drug-likeness (QED) is 0.593. The number of ether oxygens (including phenoxy) is 1. The number of hydrogen-bond donors (Lipinski definition) is 2. The highest BCUT2D eigenvalue weighted by Crippen LogP contribution is 2.24. The van der Waals surface area contributed by atoms with Crippen molar-refractivity contribution in [1.29, 1.82) is 0 Å². The van der Waals surface area contributed by atoms with Gasteiger partial charge in [0.2, 0.25) is 10.0 Å². The van der Waals surface area contributed by atoms with E-state index in [0.29, 0.717) is 0 Å². The van der Waals surface area contributed by atoms with E-state index in [1.54, 1.807) is 43.5 Å². The van der Waals surface area contributed by atoms with Gasteiger partial charge in [0.1, 0.15) is 11.8 Å². The molecule has 0 saturated carbocycles. The Labute approximate surface area is 169 Å². The van der Waals surface area contributed by atoms with E-state index in [1.807, 2.05) is 30.3 Å². The minimum absolute atomic E-state index is 0.00840. The number of carbonyl (C=O) groups is 1. The van der Waals surface area contributed by atoms with Gasteiger partial charge in [-0.2, -0.15) is 4.72 Å². The van der Waals surface area contributed by atoms with Gasteiger partial charge in [-0.1, -0.05) is 54.6 Å². The summed E-state index contributed by atoms with van der Waals surface area (Å²) < 4.78 is 32.8. The first-order valence-electron chi connectivity index (χ1n) is 8.92. The lowest BCUT2D eigenvalue weighted by atomic mass is 10.1. The molecule has 3 aromatic carbocycles. The average molecular weight is 411 g/mol. The zero-order chi connectivity index (χ0) is 20.9. The van der Waals surface area contributed by atoms with Gasteiger partial charge in [0.15, 0.2) is 0 Å². The average Bonchev–Trinajstić information content (AvgIpc) is 2.74. The number of methoxy groups -OCH3 is 1. The van der Waals surface area contributed by atoms with Crippen LogP contribution in [0.25, 0.3) is 11.1 Å². The SMILES string of the molecule is COc1ccc(-c2ccc(S(=O)(=O)NC(Cc3ccccc3)C(=O)O)cc2)cc1. The highest BCUT2D eigenvalue weighted by atomic mass is 32.2. The highest BCUT2D eigenvalue weighted by Gasteiger charge is 2.25. The minimum atomic E-state index is -3.99. The molecule has 2 N–H and O–H groups in total. The molecule has 0 saturated heterocycles. The van der Waals surface area contributed by atoms with Crippen LogP contribution in [0.15, 0.2) is 83.8 Å². The minimum Gasteiger partial charge on any atom is -0.497 e. The molecule has 0 radical (unpaired) electrons. The van der Waals surface area contributed by atoms with Gasteiger partial charge in [-0.25, -0.2) is 8.42 Å². The normalized spacial score (nSPS) is 12.3. The predicted octanol–water partition coefficient (Wildman–Crippen LogP) is 3.34. The fourth-order valence-electron chi connectivity index (χ4n) is 2.89. The monoisotopic (exact) mass is 411 g/mol. The summed E-state index contributed by atoms with van der Waals surface area (Å²) in [7, 11) is -2.40. The molecular weight excluding hydrogens is 390 g/mol. The summed E-state index contributed by atoms with van der Waals surface area (Å²) in [5.74, 6) is -0.498. The van der Waals surface area contributed by atoms with Gasteiger partial charge < -0.3 is 9.84 Å². The molecule has 0 fully saturated rings. The van der Waals surface area contributed by atoms with Gasteiger partial charge >= 0.3 is 5.97 Å². The molecule has 0 aliphatic carbocycles. The van der Waals surface area contributed by atoms with Crippen LogP contribution in [0, 0.1) is 0 Å². The fourth-order valence-corrected chi connectivity index (χ4v) is 4.08. The van der Waals surface area contributed by atoms with Gasteiger partial charge in [0.05, 0.1) is 12.0 Å². The van der Waals surface area contributed by atoms with E-state index < -0.39 is 22.0 Å². The molecule has 29 heavy (non-hydrogen) atoms. The molecule has 0 aliphatic heterocycles. The Balaban J connectivity index is 1.77. The van der Waals surface area contributed by atoms with Crippen molar-refractivity contribution in [1.82, 2.24) is 4.72 Å². The van der Waals surface area contributed by atoms with Crippen LogP contribution in [0.3, 0.4) is 0 Å². The van der Waals surface area contributed by atoms with Gasteiger partial charge in [0, 0.05) is 0 Å². The maximum Gasteiger partial charge on any atom is 0.322 e. The second-order valence-electron chi connectivity index (χ2n) is 6.45. The number of rotatable bonds is 8. The summed E-state index contributed by atoms with van der Waals surface area (Å²) >= 11 is 0. The van der Waals surface area contributed by atoms with Crippen LogP contribution in [-0.2, 0) is 21.2 Å². The number of hydrogen-bond acceptors (Lipinski definition) is 4. The fraction of sp³-hybridized carbons (Fsp3) is 0.136. The van der Waals surface area contributed by atoms with E-state index in [1.165, 1.54) is 12.1 Å². The molecule has 0 amide bonds. The third-order valence-electron chi connectivity index (χ3n) is 4.47. The summed E-state index contributed by atoms with van der Waals surface area (Å²) in [5.41, 5.74) is 2.48. The van der Waals surface area contributed by atoms with Crippen molar-refractivity contribution in [3.05, 3.63) is 84.4 Å². The van der Waals surface area contributed by atoms with Crippen molar-refractivity contribution in [3.63, 3.8) is 0 Å². The lowest BCUT2D eigenvalue weighted by molar-refractivity contribution is -0.138. The van der Waals surface area contributed by atoms with Crippen LogP contribution in [0.4, 0.5) is 0 Å². The van der Waals surface area contributed by atoms with Crippen LogP contribution in [0.2, 0.25) is 0 Å². The second kappa shape index (κ2) is 8.89. The van der Waals surface area contributed by atoms with E-state index in [4.69, 9.17) is 4.74 Å². The maximum absolute atomic E-state index is 12.7. The Hall–Kier alpha value is -3.16. The summed E-state index contributed by atoms with van der Waals surface area (Å²) in [5, 5.41) is 9.44. The molecule has 6 nitrogen and oxygen atoms in total. The van der Waals surface area contributed by atoms with E-state index >= 15 is 0 Å². The molecule has 1 atom stereocenters. The van der Waals surface area contributed by atoms with Gasteiger partial charge in [0.25, 0.3) is 0 Å². The topological polar surface area (TPSA) is 92.7 Å². The first-order chi connectivity index (χ1) is 13.9. The van der Waals surface area contributed by atoms with Crippen molar-refractivity contribution in [2.75, 3.05) is 7.11 Å². The Bertz CT molecular complexity index is 1060. The van der Waals surface area contributed by atoms with Gasteiger partial charge in [-0.15, -0.1) is 0 Å². The molecule has 3 rings (SSSR count). The first kappa shape index (κ1) is 20.6. The number of aliphatic carboxylic acids is 1. The van der Waals surface area contributed by atoms with Crippen molar-refractivity contribution in [3.8, 4) is 16.9 Å². The molecule has 3 aromatic rings. The highest BCUT2D eigenvalue weighted by molar-refractivity contribution is 7.89. The van der Waals surface area contributed by atoms with E-state index in [0.717, 1.165) is 22.4 Å². The molecular formula is C22H21NO5S. The van der Waals surface area contributed by atoms with E-state index in [2.05, 4.69) is 4.72 Å². The Morgan fingerprint density at radius 1 is 0.931 bits per heavy atom. The number of benzene rings is 3. The molecule has 0 aliphatic rings. The summed E-state index contributed by atoms with van der Waals surface area (Å²) in [6.45, 7) is 0. The maximum atomic E-state index is 12.7. The van der Waals surface area contributed by atoms with Crippen molar-refractivity contribution >= 4 is 16.0 Å². The Morgan fingerprint density at radius 3 is 2.00 bits per heavy atom. The summed E-state index contributed by atoms with van der Waals surface area (Å²) in [6, 6.07) is 21.3. The van der Waals surface area contributed by atoms with Gasteiger partial charge in [-0.3, -0.25) is 4.79 Å². The van der Waals surface area contributed by atoms with Crippen LogP contribution in [0.1, 0.15) is 5.56 Å². The van der Waals surface area contributed by atoms with Crippen LogP contribution < -0.4 is 9.46 Å². The number of carboxylic acids is 1.